The lowest BCUT2D eigenvalue weighted by molar-refractivity contribution is 0.474. The number of nitrogens with zero attached hydrogens (tertiary/aromatic N) is 1. The predicted octanol–water partition coefficient (Wildman–Crippen LogP) is 2.86. The molecule has 0 spiro atoms. The summed E-state index contributed by atoms with van der Waals surface area (Å²) in [5.74, 6) is 0.385. The molecule has 0 fully saturated rings. The lowest BCUT2D eigenvalue weighted by Crippen LogP contribution is -1.74. The van der Waals surface area contributed by atoms with Crippen LogP contribution in [-0.4, -0.2) is 5.11 Å². The molecule has 0 aliphatic carbocycles. The highest BCUT2D eigenvalue weighted by atomic mass is 16.3. The molecule has 0 atom stereocenters. The Labute approximate surface area is 80.5 Å². The topological polar surface area (TPSA) is 57.2 Å². The van der Waals surface area contributed by atoms with Crippen molar-refractivity contribution in [2.75, 3.05) is 0 Å². The maximum atomic E-state index is 8.76. The van der Waals surface area contributed by atoms with Crippen molar-refractivity contribution >= 4 is 16.5 Å². The van der Waals surface area contributed by atoms with Gasteiger partial charge in [0.25, 0.3) is 0 Å². The first-order valence-electron chi connectivity index (χ1n) is 4.08. The van der Waals surface area contributed by atoms with E-state index in [1.165, 1.54) is 0 Å². The minimum absolute atomic E-state index is 0.126. The minimum atomic E-state index is 0.126. The standard InChI is InChI=1S/C11H7NO2/c12-6-9(7-13)11-5-8-3-1-2-4-10(8)14-11/h1-5,7,13H/b9-7+. The molecule has 68 valence electrons. The number of benzene rings is 1. The molecule has 0 saturated heterocycles. The van der Waals surface area contributed by atoms with Crippen molar-refractivity contribution in [2.45, 2.75) is 0 Å². The second-order valence-electron chi connectivity index (χ2n) is 2.80. The molecule has 1 aromatic carbocycles. The van der Waals surface area contributed by atoms with E-state index >= 15 is 0 Å². The molecular weight excluding hydrogens is 178 g/mol. The van der Waals surface area contributed by atoms with Gasteiger partial charge in [0.15, 0.2) is 0 Å². The van der Waals surface area contributed by atoms with E-state index in [9.17, 15) is 0 Å². The molecule has 0 unspecified atom stereocenters. The van der Waals surface area contributed by atoms with Crippen LogP contribution in [0, 0.1) is 11.3 Å². The zero-order valence-electron chi connectivity index (χ0n) is 7.27. The highest BCUT2D eigenvalue weighted by Gasteiger charge is 2.07. The van der Waals surface area contributed by atoms with E-state index in [0.29, 0.717) is 11.3 Å². The number of fused-ring (bicyclic) bond motifs is 1. The second kappa shape index (κ2) is 3.27. The van der Waals surface area contributed by atoms with E-state index in [1.54, 1.807) is 6.07 Å². The summed E-state index contributed by atoms with van der Waals surface area (Å²) >= 11 is 0. The number of aliphatic hydroxyl groups excluding tert-OH is 1. The number of rotatable bonds is 1. The summed E-state index contributed by atoms with van der Waals surface area (Å²) in [6, 6.07) is 11.0. The van der Waals surface area contributed by atoms with Crippen molar-refractivity contribution in [3.05, 3.63) is 42.4 Å². The number of hydrogen-bond acceptors (Lipinski definition) is 3. The molecule has 1 aromatic heterocycles. The van der Waals surface area contributed by atoms with Crippen molar-refractivity contribution in [1.29, 1.82) is 5.26 Å². The number of furan rings is 1. The molecule has 1 N–H and O–H groups in total. The summed E-state index contributed by atoms with van der Waals surface area (Å²) in [4.78, 5) is 0. The van der Waals surface area contributed by atoms with Crippen LogP contribution in [0.2, 0.25) is 0 Å². The van der Waals surface area contributed by atoms with E-state index in [2.05, 4.69) is 0 Å². The quantitative estimate of drug-likeness (QED) is 0.549. The summed E-state index contributed by atoms with van der Waals surface area (Å²) in [7, 11) is 0. The highest BCUT2D eigenvalue weighted by Crippen LogP contribution is 2.23. The third-order valence-electron chi connectivity index (χ3n) is 1.94. The first-order valence-corrected chi connectivity index (χ1v) is 4.08. The Morgan fingerprint density at radius 2 is 2.21 bits per heavy atom. The smallest absolute Gasteiger partial charge is 0.149 e. The highest BCUT2D eigenvalue weighted by molar-refractivity contribution is 5.84. The Morgan fingerprint density at radius 1 is 1.43 bits per heavy atom. The van der Waals surface area contributed by atoms with Gasteiger partial charge >= 0.3 is 0 Å². The third-order valence-corrected chi connectivity index (χ3v) is 1.94. The van der Waals surface area contributed by atoms with Gasteiger partial charge < -0.3 is 9.52 Å². The molecule has 0 amide bonds. The van der Waals surface area contributed by atoms with Gasteiger partial charge in [-0.1, -0.05) is 18.2 Å². The lowest BCUT2D eigenvalue weighted by atomic mass is 10.2. The van der Waals surface area contributed by atoms with Gasteiger partial charge in [0.1, 0.15) is 29.2 Å². The van der Waals surface area contributed by atoms with E-state index in [1.807, 2.05) is 30.3 Å². The molecule has 2 rings (SSSR count). The fourth-order valence-electron chi connectivity index (χ4n) is 1.26. The Balaban J connectivity index is 2.62. The summed E-state index contributed by atoms with van der Waals surface area (Å²) in [6.45, 7) is 0. The first-order chi connectivity index (χ1) is 6.85. The van der Waals surface area contributed by atoms with Gasteiger partial charge in [-0.05, 0) is 12.1 Å². The molecule has 0 saturated carbocycles. The molecular formula is C11H7NO2. The Kier molecular flexibility index (Phi) is 1.96. The van der Waals surface area contributed by atoms with Gasteiger partial charge in [0, 0.05) is 5.39 Å². The largest absolute Gasteiger partial charge is 0.514 e. The first kappa shape index (κ1) is 8.39. The Morgan fingerprint density at radius 3 is 2.86 bits per heavy atom. The average Bonchev–Trinajstić information content (AvgIpc) is 2.63. The molecule has 3 heteroatoms. The van der Waals surface area contributed by atoms with Gasteiger partial charge in [-0.2, -0.15) is 5.26 Å². The van der Waals surface area contributed by atoms with Crippen molar-refractivity contribution in [3.8, 4) is 6.07 Å². The molecule has 2 aromatic rings. The number of hydrogen-bond donors (Lipinski definition) is 1. The Bertz CT molecular complexity index is 498. The molecule has 14 heavy (non-hydrogen) atoms. The second-order valence-corrected chi connectivity index (χ2v) is 2.80. The predicted molar refractivity (Wildman–Crippen MR) is 52.4 cm³/mol. The van der Waals surface area contributed by atoms with Crippen LogP contribution in [0.15, 0.2) is 41.0 Å². The van der Waals surface area contributed by atoms with Crippen LogP contribution in [0.4, 0.5) is 0 Å². The van der Waals surface area contributed by atoms with Crippen LogP contribution in [0.25, 0.3) is 16.5 Å². The van der Waals surface area contributed by atoms with E-state index < -0.39 is 0 Å². The van der Waals surface area contributed by atoms with E-state index in [4.69, 9.17) is 14.8 Å². The SMILES string of the molecule is N#C/C(=C\O)c1cc2ccccc2o1. The number of aliphatic hydroxyl groups is 1. The fourth-order valence-corrected chi connectivity index (χ4v) is 1.26. The summed E-state index contributed by atoms with van der Waals surface area (Å²) in [6.07, 6.45) is 0.748. The van der Waals surface area contributed by atoms with Crippen molar-refractivity contribution < 1.29 is 9.52 Å². The normalized spacial score (nSPS) is 11.5. The van der Waals surface area contributed by atoms with Crippen molar-refractivity contribution in [1.82, 2.24) is 0 Å². The van der Waals surface area contributed by atoms with Gasteiger partial charge in [0.05, 0.1) is 0 Å². The maximum absolute atomic E-state index is 8.76. The maximum Gasteiger partial charge on any atom is 0.149 e. The van der Waals surface area contributed by atoms with Gasteiger partial charge in [-0.3, -0.25) is 0 Å². The molecule has 1 heterocycles. The number of para-hydroxylation sites is 1. The van der Waals surface area contributed by atoms with Crippen LogP contribution in [0.3, 0.4) is 0 Å². The summed E-state index contributed by atoms with van der Waals surface area (Å²) in [5.41, 5.74) is 0.832. The Hall–Kier alpha value is -2.21. The van der Waals surface area contributed by atoms with Crippen LogP contribution in [-0.2, 0) is 0 Å². The zero-order valence-corrected chi connectivity index (χ0v) is 7.27. The van der Waals surface area contributed by atoms with Crippen LogP contribution >= 0.6 is 0 Å². The molecule has 0 aliphatic heterocycles. The number of nitriles is 1. The van der Waals surface area contributed by atoms with Crippen LogP contribution in [0.1, 0.15) is 5.76 Å². The third kappa shape index (κ3) is 1.23. The van der Waals surface area contributed by atoms with E-state index in [-0.39, 0.29) is 5.57 Å². The minimum Gasteiger partial charge on any atom is -0.514 e. The molecule has 0 radical (unpaired) electrons. The van der Waals surface area contributed by atoms with Crippen LogP contribution in [0.5, 0.6) is 0 Å². The fraction of sp³-hybridized carbons (Fsp3) is 0. The van der Waals surface area contributed by atoms with Crippen LogP contribution < -0.4 is 0 Å². The monoisotopic (exact) mass is 185 g/mol. The number of allylic oxidation sites excluding steroid dienone is 1. The molecule has 0 bridgehead atoms. The van der Waals surface area contributed by atoms with Gasteiger partial charge in [0.2, 0.25) is 0 Å². The summed E-state index contributed by atoms with van der Waals surface area (Å²) < 4.78 is 5.36. The average molecular weight is 185 g/mol. The van der Waals surface area contributed by atoms with E-state index in [0.717, 1.165) is 11.6 Å². The van der Waals surface area contributed by atoms with Crippen molar-refractivity contribution in [2.24, 2.45) is 0 Å². The molecule has 3 nitrogen and oxygen atoms in total. The van der Waals surface area contributed by atoms with Gasteiger partial charge in [-0.15, -0.1) is 0 Å². The lowest BCUT2D eigenvalue weighted by Gasteiger charge is -1.87. The summed E-state index contributed by atoms with van der Waals surface area (Å²) in [5, 5.41) is 18.3. The molecule has 0 aliphatic rings. The zero-order chi connectivity index (χ0) is 9.97. The van der Waals surface area contributed by atoms with Crippen molar-refractivity contribution in [3.63, 3.8) is 0 Å². The van der Waals surface area contributed by atoms with Gasteiger partial charge in [-0.25, -0.2) is 0 Å².